The molecule has 76 valence electrons. The van der Waals surface area contributed by atoms with E-state index in [2.05, 4.69) is 18.1 Å². The molecule has 0 aromatic carbocycles. The third-order valence-electron chi connectivity index (χ3n) is 2.09. The predicted molar refractivity (Wildman–Crippen MR) is 53.8 cm³/mol. The summed E-state index contributed by atoms with van der Waals surface area (Å²) in [7, 11) is 0. The van der Waals surface area contributed by atoms with E-state index in [0.29, 0.717) is 6.42 Å². The zero-order valence-electron chi connectivity index (χ0n) is 8.17. The second kappa shape index (κ2) is 7.80. The Kier molecular flexibility index (Phi) is 7.30. The number of hydrogen-bond acceptors (Lipinski definition) is 2. The van der Waals surface area contributed by atoms with E-state index in [1.54, 1.807) is 0 Å². The molecule has 1 saturated heterocycles. The topological polar surface area (TPSA) is 40.5 Å². The van der Waals surface area contributed by atoms with E-state index < -0.39 is 5.97 Å². The summed E-state index contributed by atoms with van der Waals surface area (Å²) in [6, 6.07) is 0. The summed E-state index contributed by atoms with van der Waals surface area (Å²) in [5.41, 5.74) is 0. The zero-order chi connectivity index (χ0) is 10.1. The predicted octanol–water partition coefficient (Wildman–Crippen LogP) is 1.75. The maximum absolute atomic E-state index is 10.2. The smallest absolute Gasteiger partial charge is 0.304 e. The first kappa shape index (κ1) is 12.2. The van der Waals surface area contributed by atoms with E-state index >= 15 is 0 Å². The fourth-order valence-corrected chi connectivity index (χ4v) is 1.44. The van der Waals surface area contributed by atoms with Gasteiger partial charge in [-0.3, -0.25) is 4.79 Å². The van der Waals surface area contributed by atoms with Gasteiger partial charge < -0.3 is 10.0 Å². The molecular weight excluding hydrogens is 166 g/mol. The van der Waals surface area contributed by atoms with Gasteiger partial charge in [0.05, 0.1) is 6.42 Å². The van der Waals surface area contributed by atoms with Gasteiger partial charge in [-0.2, -0.15) is 0 Å². The number of likely N-dealkylation sites (tertiary alicyclic amines) is 1. The van der Waals surface area contributed by atoms with Crippen LogP contribution in [0.3, 0.4) is 0 Å². The van der Waals surface area contributed by atoms with Gasteiger partial charge in [-0.1, -0.05) is 6.42 Å². The molecule has 1 heterocycles. The SMILES string of the molecule is C=C.O=C(O)CCN1CCCCC1. The number of carbonyl (C=O) groups is 1. The lowest BCUT2D eigenvalue weighted by Crippen LogP contribution is -2.31. The van der Waals surface area contributed by atoms with Gasteiger partial charge in [0.2, 0.25) is 0 Å². The quantitative estimate of drug-likeness (QED) is 0.681. The molecule has 0 amide bonds. The first-order valence-electron chi connectivity index (χ1n) is 4.73. The van der Waals surface area contributed by atoms with Crippen LogP contribution in [0.2, 0.25) is 0 Å². The highest BCUT2D eigenvalue weighted by Crippen LogP contribution is 2.08. The maximum Gasteiger partial charge on any atom is 0.304 e. The number of nitrogens with zero attached hydrogens (tertiary/aromatic N) is 1. The van der Waals surface area contributed by atoms with Crippen LogP contribution in [0.1, 0.15) is 25.7 Å². The maximum atomic E-state index is 10.2. The van der Waals surface area contributed by atoms with Crippen LogP contribution < -0.4 is 0 Å². The van der Waals surface area contributed by atoms with Gasteiger partial charge in [-0.15, -0.1) is 13.2 Å². The van der Waals surface area contributed by atoms with Crippen molar-refractivity contribution in [2.45, 2.75) is 25.7 Å². The summed E-state index contributed by atoms with van der Waals surface area (Å²) in [6.45, 7) is 8.91. The molecule has 13 heavy (non-hydrogen) atoms. The molecule has 0 aromatic heterocycles. The molecule has 0 aliphatic carbocycles. The first-order valence-corrected chi connectivity index (χ1v) is 4.73. The summed E-state index contributed by atoms with van der Waals surface area (Å²) in [6.07, 6.45) is 4.07. The number of aliphatic carboxylic acids is 1. The summed E-state index contributed by atoms with van der Waals surface area (Å²) in [4.78, 5) is 12.4. The zero-order valence-corrected chi connectivity index (χ0v) is 8.17. The van der Waals surface area contributed by atoms with Gasteiger partial charge in [0, 0.05) is 6.54 Å². The van der Waals surface area contributed by atoms with Crippen molar-refractivity contribution in [2.24, 2.45) is 0 Å². The first-order chi connectivity index (χ1) is 6.29. The number of hydrogen-bond donors (Lipinski definition) is 1. The summed E-state index contributed by atoms with van der Waals surface area (Å²) in [5, 5.41) is 8.42. The Bertz CT molecular complexity index is 142. The largest absolute Gasteiger partial charge is 0.481 e. The number of piperidine rings is 1. The fraction of sp³-hybridized carbons (Fsp3) is 0.700. The Balaban J connectivity index is 0.000000671. The van der Waals surface area contributed by atoms with Crippen LogP contribution >= 0.6 is 0 Å². The average molecular weight is 185 g/mol. The van der Waals surface area contributed by atoms with E-state index in [1.165, 1.54) is 19.3 Å². The van der Waals surface area contributed by atoms with Crippen LogP contribution in [0.5, 0.6) is 0 Å². The molecule has 3 nitrogen and oxygen atoms in total. The lowest BCUT2D eigenvalue weighted by atomic mass is 10.1. The molecule has 1 aliphatic heterocycles. The Labute approximate surface area is 80.0 Å². The highest BCUT2D eigenvalue weighted by Gasteiger charge is 2.10. The Morgan fingerprint density at radius 1 is 1.23 bits per heavy atom. The molecule has 0 radical (unpaired) electrons. The van der Waals surface area contributed by atoms with Crippen molar-refractivity contribution in [2.75, 3.05) is 19.6 Å². The van der Waals surface area contributed by atoms with Crippen LogP contribution in [-0.2, 0) is 4.79 Å². The van der Waals surface area contributed by atoms with Crippen molar-refractivity contribution in [3.05, 3.63) is 13.2 Å². The highest BCUT2D eigenvalue weighted by atomic mass is 16.4. The van der Waals surface area contributed by atoms with Crippen molar-refractivity contribution in [1.82, 2.24) is 4.90 Å². The number of carboxylic acid groups (broad SMARTS) is 1. The number of carboxylic acids is 1. The summed E-state index contributed by atoms with van der Waals surface area (Å²) < 4.78 is 0. The third kappa shape index (κ3) is 6.34. The minimum absolute atomic E-state index is 0.292. The van der Waals surface area contributed by atoms with Crippen molar-refractivity contribution in [3.8, 4) is 0 Å². The van der Waals surface area contributed by atoms with Gasteiger partial charge in [-0.25, -0.2) is 0 Å². The molecule has 0 saturated carbocycles. The Hall–Kier alpha value is -0.830. The molecule has 0 aromatic rings. The number of rotatable bonds is 3. The molecule has 1 aliphatic rings. The van der Waals surface area contributed by atoms with Gasteiger partial charge in [0.25, 0.3) is 0 Å². The monoisotopic (exact) mass is 185 g/mol. The van der Waals surface area contributed by atoms with Gasteiger partial charge in [0.15, 0.2) is 0 Å². The standard InChI is InChI=1S/C8H15NO2.C2H4/c10-8(11)4-7-9-5-2-1-3-6-9;1-2/h1-7H2,(H,10,11);1-2H2. The van der Waals surface area contributed by atoms with Gasteiger partial charge >= 0.3 is 5.97 Å². The highest BCUT2D eigenvalue weighted by molar-refractivity contribution is 5.66. The van der Waals surface area contributed by atoms with Crippen LogP contribution in [0, 0.1) is 0 Å². The van der Waals surface area contributed by atoms with Gasteiger partial charge in [-0.05, 0) is 25.9 Å². The second-order valence-electron chi connectivity index (χ2n) is 3.05. The second-order valence-corrected chi connectivity index (χ2v) is 3.05. The van der Waals surface area contributed by atoms with Crippen molar-refractivity contribution >= 4 is 5.97 Å². The van der Waals surface area contributed by atoms with Crippen molar-refractivity contribution < 1.29 is 9.90 Å². The summed E-state index contributed by atoms with van der Waals surface area (Å²) in [5.74, 6) is -0.685. The van der Waals surface area contributed by atoms with E-state index in [4.69, 9.17) is 5.11 Å². The van der Waals surface area contributed by atoms with Crippen molar-refractivity contribution in [1.29, 1.82) is 0 Å². The molecule has 0 spiro atoms. The lowest BCUT2D eigenvalue weighted by molar-refractivity contribution is -0.137. The fourth-order valence-electron chi connectivity index (χ4n) is 1.44. The van der Waals surface area contributed by atoms with Gasteiger partial charge in [0.1, 0.15) is 0 Å². The molecule has 0 unspecified atom stereocenters. The Morgan fingerprint density at radius 2 is 1.77 bits per heavy atom. The minimum atomic E-state index is -0.685. The van der Waals surface area contributed by atoms with E-state index in [0.717, 1.165) is 19.6 Å². The van der Waals surface area contributed by atoms with E-state index in [1.807, 2.05) is 0 Å². The molecule has 0 atom stereocenters. The molecule has 1 rings (SSSR count). The molecule has 1 fully saturated rings. The minimum Gasteiger partial charge on any atom is -0.481 e. The normalized spacial score (nSPS) is 17.2. The average Bonchev–Trinajstić information content (AvgIpc) is 2.19. The third-order valence-corrected chi connectivity index (χ3v) is 2.09. The summed E-state index contributed by atoms with van der Waals surface area (Å²) >= 11 is 0. The van der Waals surface area contributed by atoms with Crippen LogP contribution in [0.4, 0.5) is 0 Å². The lowest BCUT2D eigenvalue weighted by Gasteiger charge is -2.25. The van der Waals surface area contributed by atoms with Crippen molar-refractivity contribution in [3.63, 3.8) is 0 Å². The van der Waals surface area contributed by atoms with E-state index in [9.17, 15) is 4.79 Å². The van der Waals surface area contributed by atoms with Crippen LogP contribution in [-0.4, -0.2) is 35.6 Å². The molecular formula is C10H19NO2. The Morgan fingerprint density at radius 3 is 2.23 bits per heavy atom. The van der Waals surface area contributed by atoms with Crippen LogP contribution in [0.15, 0.2) is 13.2 Å². The molecule has 3 heteroatoms. The van der Waals surface area contributed by atoms with Crippen LogP contribution in [0.25, 0.3) is 0 Å². The molecule has 0 bridgehead atoms. The molecule has 1 N–H and O–H groups in total. The van der Waals surface area contributed by atoms with E-state index in [-0.39, 0.29) is 0 Å².